The van der Waals surface area contributed by atoms with Gasteiger partial charge in [-0.05, 0) is 37.5 Å². The summed E-state index contributed by atoms with van der Waals surface area (Å²) in [7, 11) is 0. The highest BCUT2D eigenvalue weighted by molar-refractivity contribution is 5.86. The van der Waals surface area contributed by atoms with Crippen LogP contribution in [-0.2, 0) is 16.1 Å². The number of likely N-dealkylation sites (N-methyl/N-ethyl adjacent to an activating group) is 1. The summed E-state index contributed by atoms with van der Waals surface area (Å²) in [5, 5.41) is 0. The van der Waals surface area contributed by atoms with Gasteiger partial charge in [0.2, 0.25) is 5.91 Å². The number of aromatic nitrogens is 1. The molecule has 0 saturated carbocycles. The number of nitrogens with two attached hydrogens (primary N) is 1. The van der Waals surface area contributed by atoms with Crippen molar-refractivity contribution in [3.8, 4) is 0 Å². The van der Waals surface area contributed by atoms with Crippen molar-refractivity contribution in [2.45, 2.75) is 31.8 Å². The van der Waals surface area contributed by atoms with Gasteiger partial charge in [0.25, 0.3) is 0 Å². The molecule has 0 atom stereocenters. The average Bonchev–Trinajstić information content (AvgIpc) is 2.46. The number of ether oxygens (including phenoxy) is 1. The predicted octanol–water partition coefficient (Wildman–Crippen LogP) is 0.938. The molecule has 1 aliphatic rings. The molecule has 19 heavy (non-hydrogen) atoms. The molecule has 1 amide bonds. The molecule has 1 aromatic rings. The first-order valence-electron chi connectivity index (χ1n) is 6.70. The highest BCUT2D eigenvalue weighted by Gasteiger charge is 2.38. The van der Waals surface area contributed by atoms with Crippen molar-refractivity contribution in [3.05, 3.63) is 30.1 Å². The number of carbonyl (C=O) groups excluding carboxylic acids is 1. The lowest BCUT2D eigenvalue weighted by molar-refractivity contribution is -0.141. The van der Waals surface area contributed by atoms with Crippen LogP contribution >= 0.6 is 0 Å². The minimum Gasteiger partial charge on any atom is -0.381 e. The van der Waals surface area contributed by atoms with Crippen molar-refractivity contribution in [1.29, 1.82) is 0 Å². The summed E-state index contributed by atoms with van der Waals surface area (Å²) in [5.41, 5.74) is 6.56. The predicted molar refractivity (Wildman–Crippen MR) is 72.3 cm³/mol. The fourth-order valence-corrected chi connectivity index (χ4v) is 2.30. The minimum absolute atomic E-state index is 0.0233. The molecular formula is C14H21N3O2. The molecular weight excluding hydrogens is 242 g/mol. The van der Waals surface area contributed by atoms with Crippen LogP contribution in [0, 0.1) is 0 Å². The maximum absolute atomic E-state index is 12.6. The molecule has 1 aliphatic heterocycles. The Bertz CT molecular complexity index is 416. The largest absolute Gasteiger partial charge is 0.381 e. The molecule has 2 heterocycles. The van der Waals surface area contributed by atoms with Crippen LogP contribution < -0.4 is 5.73 Å². The van der Waals surface area contributed by atoms with E-state index in [9.17, 15) is 4.79 Å². The fraction of sp³-hybridized carbons (Fsp3) is 0.571. The van der Waals surface area contributed by atoms with Crippen LogP contribution in [0.4, 0.5) is 0 Å². The Morgan fingerprint density at radius 1 is 1.42 bits per heavy atom. The van der Waals surface area contributed by atoms with Crippen LogP contribution in [0.5, 0.6) is 0 Å². The molecule has 0 aliphatic carbocycles. The normalized spacial score (nSPS) is 18.0. The van der Waals surface area contributed by atoms with Crippen LogP contribution in [-0.4, -0.2) is 41.1 Å². The third-order valence-electron chi connectivity index (χ3n) is 3.60. The van der Waals surface area contributed by atoms with Gasteiger partial charge in [-0.15, -0.1) is 0 Å². The molecule has 104 valence electrons. The molecule has 1 fully saturated rings. The maximum Gasteiger partial charge on any atom is 0.243 e. The number of hydrogen-bond acceptors (Lipinski definition) is 4. The molecule has 5 nitrogen and oxygen atoms in total. The smallest absolute Gasteiger partial charge is 0.243 e. The fourth-order valence-electron chi connectivity index (χ4n) is 2.30. The summed E-state index contributed by atoms with van der Waals surface area (Å²) in [6.45, 7) is 4.34. The van der Waals surface area contributed by atoms with E-state index in [1.54, 1.807) is 17.3 Å². The van der Waals surface area contributed by atoms with Gasteiger partial charge in [-0.1, -0.05) is 0 Å². The Hall–Kier alpha value is -1.46. The topological polar surface area (TPSA) is 68.5 Å². The second-order valence-corrected chi connectivity index (χ2v) is 4.94. The van der Waals surface area contributed by atoms with E-state index in [2.05, 4.69) is 4.98 Å². The highest BCUT2D eigenvalue weighted by atomic mass is 16.5. The van der Waals surface area contributed by atoms with Gasteiger partial charge in [-0.3, -0.25) is 9.78 Å². The Morgan fingerprint density at radius 2 is 2.05 bits per heavy atom. The van der Waals surface area contributed by atoms with E-state index in [0.717, 1.165) is 5.56 Å². The van der Waals surface area contributed by atoms with Gasteiger partial charge in [0.05, 0.1) is 5.54 Å². The Kier molecular flexibility index (Phi) is 4.50. The first kappa shape index (κ1) is 14.0. The summed E-state index contributed by atoms with van der Waals surface area (Å²) >= 11 is 0. The van der Waals surface area contributed by atoms with Crippen molar-refractivity contribution in [1.82, 2.24) is 9.88 Å². The van der Waals surface area contributed by atoms with Gasteiger partial charge in [-0.25, -0.2) is 0 Å². The first-order chi connectivity index (χ1) is 9.15. The summed E-state index contributed by atoms with van der Waals surface area (Å²) in [6.07, 6.45) is 4.66. The maximum atomic E-state index is 12.6. The van der Waals surface area contributed by atoms with E-state index < -0.39 is 5.54 Å². The van der Waals surface area contributed by atoms with E-state index >= 15 is 0 Å². The van der Waals surface area contributed by atoms with Gasteiger partial charge in [0.1, 0.15) is 0 Å². The zero-order valence-corrected chi connectivity index (χ0v) is 11.3. The van der Waals surface area contributed by atoms with E-state index in [0.29, 0.717) is 39.1 Å². The zero-order chi connectivity index (χ0) is 13.7. The number of carbonyl (C=O) groups is 1. The second-order valence-electron chi connectivity index (χ2n) is 4.94. The molecule has 0 spiro atoms. The van der Waals surface area contributed by atoms with Crippen molar-refractivity contribution in [2.75, 3.05) is 19.8 Å². The van der Waals surface area contributed by atoms with Crippen molar-refractivity contribution < 1.29 is 9.53 Å². The molecule has 0 unspecified atom stereocenters. The standard InChI is InChI=1S/C14H21N3O2/c1-2-17(11-12-3-7-16-8-4-12)13(18)14(15)5-9-19-10-6-14/h3-4,7-8H,2,5-6,9-11,15H2,1H3. The van der Waals surface area contributed by atoms with E-state index in [1.165, 1.54) is 0 Å². The van der Waals surface area contributed by atoms with E-state index in [1.807, 2.05) is 19.1 Å². The second kappa shape index (κ2) is 6.12. The number of rotatable bonds is 4. The number of hydrogen-bond donors (Lipinski definition) is 1. The van der Waals surface area contributed by atoms with Crippen LogP contribution in [0.3, 0.4) is 0 Å². The molecule has 0 radical (unpaired) electrons. The van der Waals surface area contributed by atoms with Crippen LogP contribution in [0.1, 0.15) is 25.3 Å². The lowest BCUT2D eigenvalue weighted by Crippen LogP contribution is -2.57. The molecule has 1 saturated heterocycles. The lowest BCUT2D eigenvalue weighted by Gasteiger charge is -2.36. The highest BCUT2D eigenvalue weighted by Crippen LogP contribution is 2.21. The minimum atomic E-state index is -0.763. The summed E-state index contributed by atoms with van der Waals surface area (Å²) < 4.78 is 5.29. The number of amides is 1. The number of pyridine rings is 1. The molecule has 2 N–H and O–H groups in total. The van der Waals surface area contributed by atoms with Gasteiger partial charge in [-0.2, -0.15) is 0 Å². The monoisotopic (exact) mass is 263 g/mol. The quantitative estimate of drug-likeness (QED) is 0.877. The van der Waals surface area contributed by atoms with E-state index in [-0.39, 0.29) is 5.91 Å². The number of nitrogens with zero attached hydrogens (tertiary/aromatic N) is 2. The van der Waals surface area contributed by atoms with Gasteiger partial charge < -0.3 is 15.4 Å². The van der Waals surface area contributed by atoms with Gasteiger partial charge >= 0.3 is 0 Å². The van der Waals surface area contributed by atoms with Crippen LogP contribution in [0.25, 0.3) is 0 Å². The van der Waals surface area contributed by atoms with Crippen LogP contribution in [0.2, 0.25) is 0 Å². The summed E-state index contributed by atoms with van der Waals surface area (Å²) in [6, 6.07) is 3.84. The van der Waals surface area contributed by atoms with Crippen molar-refractivity contribution >= 4 is 5.91 Å². The van der Waals surface area contributed by atoms with E-state index in [4.69, 9.17) is 10.5 Å². The van der Waals surface area contributed by atoms with Gasteiger partial charge in [0.15, 0.2) is 0 Å². The molecule has 0 bridgehead atoms. The van der Waals surface area contributed by atoms with Crippen molar-refractivity contribution in [3.63, 3.8) is 0 Å². The molecule has 0 aromatic carbocycles. The summed E-state index contributed by atoms with van der Waals surface area (Å²) in [5.74, 6) is 0.0233. The third kappa shape index (κ3) is 3.30. The van der Waals surface area contributed by atoms with Gasteiger partial charge in [0, 0.05) is 38.7 Å². The lowest BCUT2D eigenvalue weighted by atomic mass is 9.89. The average molecular weight is 263 g/mol. The first-order valence-corrected chi connectivity index (χ1v) is 6.70. The third-order valence-corrected chi connectivity index (χ3v) is 3.60. The Balaban J connectivity index is 2.06. The molecule has 2 rings (SSSR count). The SMILES string of the molecule is CCN(Cc1ccncc1)C(=O)C1(N)CCOCC1. The Labute approximate surface area is 113 Å². The van der Waals surface area contributed by atoms with Crippen LogP contribution in [0.15, 0.2) is 24.5 Å². The molecule has 1 aromatic heterocycles. The Morgan fingerprint density at radius 3 is 2.63 bits per heavy atom. The zero-order valence-electron chi connectivity index (χ0n) is 11.3. The summed E-state index contributed by atoms with van der Waals surface area (Å²) in [4.78, 5) is 18.4. The van der Waals surface area contributed by atoms with Crippen molar-refractivity contribution in [2.24, 2.45) is 5.73 Å². The molecule has 5 heteroatoms.